The van der Waals surface area contributed by atoms with Gasteiger partial charge in [0.25, 0.3) is 0 Å². The minimum absolute atomic E-state index is 0.0148. The molecule has 6 nitrogen and oxygen atoms in total. The Labute approximate surface area is 141 Å². The van der Waals surface area contributed by atoms with Gasteiger partial charge in [-0.2, -0.15) is 0 Å². The van der Waals surface area contributed by atoms with Gasteiger partial charge in [0.15, 0.2) is 11.7 Å². The Balaban J connectivity index is 1.92. The van der Waals surface area contributed by atoms with Crippen LogP contribution in [0.15, 0.2) is 41.1 Å². The fourth-order valence-corrected chi connectivity index (χ4v) is 3.18. The summed E-state index contributed by atoms with van der Waals surface area (Å²) in [5.74, 6) is 0.467. The average molecular weight is 332 g/mol. The van der Waals surface area contributed by atoms with E-state index >= 15 is 0 Å². The maximum atomic E-state index is 12.6. The molecule has 3 rings (SSSR count). The van der Waals surface area contributed by atoms with Crippen molar-refractivity contribution in [1.29, 1.82) is 0 Å². The van der Waals surface area contributed by atoms with Crippen LogP contribution >= 0.6 is 0 Å². The summed E-state index contributed by atoms with van der Waals surface area (Å²) in [7, 11) is 0. The first kappa shape index (κ1) is 17.0. The number of hydrogen-bond acceptors (Lipinski definition) is 5. The minimum Gasteiger partial charge on any atom is -0.381 e. The van der Waals surface area contributed by atoms with Crippen LogP contribution in [0.5, 0.6) is 0 Å². The van der Waals surface area contributed by atoms with Gasteiger partial charge in [0.1, 0.15) is 0 Å². The number of rotatable bonds is 4. The van der Waals surface area contributed by atoms with E-state index in [1.807, 2.05) is 36.0 Å². The van der Waals surface area contributed by atoms with Crippen LogP contribution in [0.4, 0.5) is 0 Å². The Kier molecular flexibility index (Phi) is 5.18. The van der Waals surface area contributed by atoms with Crippen LogP contribution in [0.1, 0.15) is 43.2 Å². The summed E-state index contributed by atoms with van der Waals surface area (Å²) in [6, 6.07) is -0.263. The zero-order valence-electron chi connectivity index (χ0n) is 13.8. The Morgan fingerprint density at radius 1 is 1.33 bits per heavy atom. The zero-order valence-corrected chi connectivity index (χ0v) is 13.8. The Morgan fingerprint density at radius 2 is 2.08 bits per heavy atom. The highest BCUT2D eigenvalue weighted by molar-refractivity contribution is 5.31. The highest BCUT2D eigenvalue weighted by atomic mass is 16.5. The lowest BCUT2D eigenvalue weighted by Gasteiger charge is -2.25. The summed E-state index contributed by atoms with van der Waals surface area (Å²) in [6.07, 6.45) is 9.27. The molecule has 2 aliphatic heterocycles. The number of pyridine rings is 1. The third-order valence-electron chi connectivity index (χ3n) is 4.60. The molecule has 3 heterocycles. The normalized spacial score (nSPS) is 21.7. The molecule has 3 N–H and O–H groups in total. The van der Waals surface area contributed by atoms with Gasteiger partial charge in [-0.1, -0.05) is 12.2 Å². The van der Waals surface area contributed by atoms with Crippen molar-refractivity contribution in [3.8, 4) is 0 Å². The molecular formula is C18H24N2O4. The maximum absolute atomic E-state index is 12.6. The molecule has 1 saturated heterocycles. The summed E-state index contributed by atoms with van der Waals surface area (Å²) >= 11 is 0. The topological polar surface area (TPSA) is 83.7 Å². The number of nitrogens with zero attached hydrogens (tertiary/aromatic N) is 1. The predicted molar refractivity (Wildman–Crippen MR) is 90.2 cm³/mol. The standard InChI is InChI=1S/C18H24N2O4/c1-12-2-3-16(19-8-12)14-10-20(9-13-4-6-24-7-5-13)11-15(17(14)21)18(22)23/h2-3,8,10-11,13,16,18-19,22-23H,4-7,9H2,1H3. The van der Waals surface area contributed by atoms with Crippen LogP contribution in [0.3, 0.4) is 0 Å². The molecule has 2 aliphatic rings. The lowest BCUT2D eigenvalue weighted by Crippen LogP contribution is -2.29. The molecule has 1 unspecified atom stereocenters. The molecular weight excluding hydrogens is 308 g/mol. The number of dihydropyridines is 1. The minimum atomic E-state index is -1.77. The first-order valence-electron chi connectivity index (χ1n) is 8.33. The number of aliphatic hydroxyl groups excluding tert-OH is 1. The molecule has 0 bridgehead atoms. The van der Waals surface area contributed by atoms with Crippen LogP contribution in [-0.4, -0.2) is 28.0 Å². The molecule has 1 aromatic heterocycles. The van der Waals surface area contributed by atoms with Crippen LogP contribution in [0, 0.1) is 5.92 Å². The van der Waals surface area contributed by atoms with Crippen molar-refractivity contribution in [1.82, 2.24) is 9.88 Å². The Hall–Kier alpha value is -1.89. The molecule has 1 atom stereocenters. The Bertz CT molecular complexity index is 699. The fraction of sp³-hybridized carbons (Fsp3) is 0.500. The van der Waals surface area contributed by atoms with Gasteiger partial charge in [-0.15, -0.1) is 0 Å². The molecule has 0 aliphatic carbocycles. The second-order valence-electron chi connectivity index (χ2n) is 6.52. The maximum Gasteiger partial charge on any atom is 0.195 e. The first-order valence-corrected chi connectivity index (χ1v) is 8.33. The smallest absolute Gasteiger partial charge is 0.195 e. The van der Waals surface area contributed by atoms with E-state index in [-0.39, 0.29) is 17.0 Å². The van der Waals surface area contributed by atoms with Crippen LogP contribution in [-0.2, 0) is 11.3 Å². The van der Waals surface area contributed by atoms with Crippen LogP contribution < -0.4 is 10.7 Å². The second-order valence-corrected chi connectivity index (χ2v) is 6.52. The van der Waals surface area contributed by atoms with E-state index in [9.17, 15) is 15.0 Å². The van der Waals surface area contributed by atoms with Crippen molar-refractivity contribution in [2.75, 3.05) is 13.2 Å². The van der Waals surface area contributed by atoms with E-state index in [1.165, 1.54) is 0 Å². The Morgan fingerprint density at radius 3 is 2.71 bits per heavy atom. The van der Waals surface area contributed by atoms with Crippen molar-refractivity contribution >= 4 is 0 Å². The fourth-order valence-electron chi connectivity index (χ4n) is 3.18. The summed E-state index contributed by atoms with van der Waals surface area (Å²) in [5, 5.41) is 22.3. The van der Waals surface area contributed by atoms with Gasteiger partial charge < -0.3 is 24.8 Å². The number of aliphatic hydroxyl groups is 2. The summed E-state index contributed by atoms with van der Waals surface area (Å²) in [6.45, 7) is 4.22. The number of nitrogens with one attached hydrogen (secondary N) is 1. The molecule has 130 valence electrons. The van der Waals surface area contributed by atoms with Crippen molar-refractivity contribution in [3.05, 3.63) is 57.7 Å². The van der Waals surface area contributed by atoms with Gasteiger partial charge in [0.2, 0.25) is 0 Å². The van der Waals surface area contributed by atoms with Crippen molar-refractivity contribution in [2.24, 2.45) is 5.92 Å². The highest BCUT2D eigenvalue weighted by Gasteiger charge is 2.21. The quantitative estimate of drug-likeness (QED) is 0.725. The van der Waals surface area contributed by atoms with Gasteiger partial charge in [0, 0.05) is 43.9 Å². The molecule has 0 amide bonds. The van der Waals surface area contributed by atoms with E-state index in [0.29, 0.717) is 11.5 Å². The van der Waals surface area contributed by atoms with E-state index in [1.54, 1.807) is 6.20 Å². The summed E-state index contributed by atoms with van der Waals surface area (Å²) in [5.41, 5.74) is 1.28. The lowest BCUT2D eigenvalue weighted by molar-refractivity contribution is -0.0439. The van der Waals surface area contributed by atoms with Gasteiger partial charge >= 0.3 is 0 Å². The van der Waals surface area contributed by atoms with Crippen LogP contribution in [0.2, 0.25) is 0 Å². The van der Waals surface area contributed by atoms with Crippen molar-refractivity contribution in [3.63, 3.8) is 0 Å². The monoisotopic (exact) mass is 332 g/mol. The van der Waals surface area contributed by atoms with Crippen molar-refractivity contribution < 1.29 is 14.9 Å². The third kappa shape index (κ3) is 3.77. The highest BCUT2D eigenvalue weighted by Crippen LogP contribution is 2.21. The molecule has 6 heteroatoms. The van der Waals surface area contributed by atoms with Gasteiger partial charge in [-0.25, -0.2) is 0 Å². The van der Waals surface area contributed by atoms with E-state index in [4.69, 9.17) is 4.74 Å². The van der Waals surface area contributed by atoms with Crippen LogP contribution in [0.25, 0.3) is 0 Å². The zero-order chi connectivity index (χ0) is 17.1. The van der Waals surface area contributed by atoms with E-state index in [0.717, 1.165) is 38.2 Å². The largest absolute Gasteiger partial charge is 0.381 e. The molecule has 0 saturated carbocycles. The summed E-state index contributed by atoms with van der Waals surface area (Å²) < 4.78 is 7.29. The van der Waals surface area contributed by atoms with Crippen molar-refractivity contribution in [2.45, 2.75) is 38.6 Å². The predicted octanol–water partition coefficient (Wildman–Crippen LogP) is 1.36. The molecule has 24 heavy (non-hydrogen) atoms. The van der Waals surface area contributed by atoms with Gasteiger partial charge in [-0.3, -0.25) is 4.79 Å². The first-order chi connectivity index (χ1) is 11.5. The number of hydrogen-bond donors (Lipinski definition) is 3. The molecule has 0 aromatic carbocycles. The molecule has 0 radical (unpaired) electrons. The van der Waals surface area contributed by atoms with Gasteiger partial charge in [-0.05, 0) is 31.3 Å². The lowest BCUT2D eigenvalue weighted by atomic mass is 9.99. The molecule has 1 fully saturated rings. The van der Waals surface area contributed by atoms with E-state index in [2.05, 4.69) is 5.32 Å². The SMILES string of the molecule is CC1=CNC(c2cn(CC3CCOCC3)cc(C(O)O)c2=O)C=C1. The van der Waals surface area contributed by atoms with E-state index < -0.39 is 6.29 Å². The number of aromatic nitrogens is 1. The van der Waals surface area contributed by atoms with Gasteiger partial charge in [0.05, 0.1) is 11.6 Å². The molecule has 1 aromatic rings. The second kappa shape index (κ2) is 7.34. The number of ether oxygens (including phenoxy) is 1. The third-order valence-corrected chi connectivity index (χ3v) is 4.60. The number of allylic oxidation sites excluding steroid dienone is 2. The molecule has 0 spiro atoms. The summed E-state index contributed by atoms with van der Waals surface area (Å²) in [4.78, 5) is 12.6. The average Bonchev–Trinajstić information content (AvgIpc) is 2.58.